The molecule has 98 valence electrons. The minimum Gasteiger partial charge on any atom is -0.478 e. The van der Waals surface area contributed by atoms with Crippen LogP contribution in [0, 0.1) is 0 Å². The van der Waals surface area contributed by atoms with Crippen LogP contribution in [-0.4, -0.2) is 21.0 Å². The molecule has 0 aliphatic heterocycles. The lowest BCUT2D eigenvalue weighted by Gasteiger charge is -1.98. The van der Waals surface area contributed by atoms with Gasteiger partial charge in [-0.2, -0.15) is 0 Å². The quantitative estimate of drug-likeness (QED) is 0.797. The average molecular weight is 282 g/mol. The Hall–Kier alpha value is -2.53. The van der Waals surface area contributed by atoms with Crippen molar-refractivity contribution in [3.8, 4) is 20.9 Å². The summed E-state index contributed by atoms with van der Waals surface area (Å²) in [6, 6.07) is 9.07. The molecule has 5 heteroatoms. The zero-order chi connectivity index (χ0) is 13.9. The first kappa shape index (κ1) is 12.5. The minimum absolute atomic E-state index is 0.313. The van der Waals surface area contributed by atoms with Crippen molar-refractivity contribution in [2.45, 2.75) is 0 Å². The maximum Gasteiger partial charge on any atom is 0.337 e. The number of aromatic nitrogens is 2. The van der Waals surface area contributed by atoms with Crippen molar-refractivity contribution in [3.63, 3.8) is 0 Å². The van der Waals surface area contributed by atoms with Crippen LogP contribution in [0.2, 0.25) is 0 Å². The van der Waals surface area contributed by atoms with Gasteiger partial charge in [-0.1, -0.05) is 0 Å². The number of thiophene rings is 1. The Labute approximate surface area is 119 Å². The fourth-order valence-electron chi connectivity index (χ4n) is 1.93. The average Bonchev–Trinajstić information content (AvgIpc) is 2.94. The Kier molecular flexibility index (Phi) is 3.26. The lowest BCUT2D eigenvalue weighted by atomic mass is 10.1. The number of aromatic carboxylic acids is 1. The Morgan fingerprint density at radius 1 is 0.950 bits per heavy atom. The van der Waals surface area contributed by atoms with Gasteiger partial charge in [0.05, 0.1) is 5.56 Å². The van der Waals surface area contributed by atoms with Gasteiger partial charge >= 0.3 is 5.97 Å². The molecule has 3 rings (SSSR count). The predicted octanol–water partition coefficient (Wildman–Crippen LogP) is 3.57. The van der Waals surface area contributed by atoms with E-state index in [4.69, 9.17) is 0 Å². The predicted molar refractivity (Wildman–Crippen MR) is 77.7 cm³/mol. The normalized spacial score (nSPS) is 10.4. The largest absolute Gasteiger partial charge is 0.478 e. The van der Waals surface area contributed by atoms with Crippen LogP contribution < -0.4 is 0 Å². The van der Waals surface area contributed by atoms with E-state index in [1.165, 1.54) is 11.3 Å². The van der Waals surface area contributed by atoms with Gasteiger partial charge in [0.25, 0.3) is 0 Å². The van der Waals surface area contributed by atoms with Crippen molar-refractivity contribution in [1.82, 2.24) is 9.97 Å². The van der Waals surface area contributed by atoms with Gasteiger partial charge in [-0.05, 0) is 41.5 Å². The van der Waals surface area contributed by atoms with Crippen molar-refractivity contribution < 1.29 is 9.90 Å². The first-order valence-corrected chi connectivity index (χ1v) is 6.75. The molecule has 3 aromatic rings. The third-order valence-corrected chi connectivity index (χ3v) is 4.10. The summed E-state index contributed by atoms with van der Waals surface area (Å²) in [4.78, 5) is 21.0. The van der Waals surface area contributed by atoms with E-state index in [1.54, 1.807) is 30.9 Å². The summed E-state index contributed by atoms with van der Waals surface area (Å²) in [7, 11) is 0. The molecule has 20 heavy (non-hydrogen) atoms. The second-order valence-corrected chi connectivity index (χ2v) is 5.18. The zero-order valence-electron chi connectivity index (χ0n) is 10.4. The van der Waals surface area contributed by atoms with E-state index in [0.29, 0.717) is 5.56 Å². The lowest BCUT2D eigenvalue weighted by molar-refractivity contribution is 0.0698. The van der Waals surface area contributed by atoms with Gasteiger partial charge in [0.2, 0.25) is 0 Å². The van der Waals surface area contributed by atoms with E-state index in [1.807, 2.05) is 24.3 Å². The Balaban J connectivity index is 2.15. The molecule has 3 aromatic heterocycles. The summed E-state index contributed by atoms with van der Waals surface area (Å²) in [6.45, 7) is 0. The highest BCUT2D eigenvalue weighted by Gasteiger charge is 2.17. The number of hydrogen-bond donors (Lipinski definition) is 1. The van der Waals surface area contributed by atoms with Crippen molar-refractivity contribution in [3.05, 3.63) is 60.7 Å². The van der Waals surface area contributed by atoms with E-state index < -0.39 is 5.97 Å². The van der Waals surface area contributed by atoms with Crippen LogP contribution in [0.5, 0.6) is 0 Å². The topological polar surface area (TPSA) is 63.1 Å². The van der Waals surface area contributed by atoms with Crippen LogP contribution in [0.15, 0.2) is 55.1 Å². The maximum absolute atomic E-state index is 11.4. The second-order valence-electron chi connectivity index (χ2n) is 4.13. The highest BCUT2D eigenvalue weighted by molar-refractivity contribution is 7.19. The molecule has 0 atom stereocenters. The lowest BCUT2D eigenvalue weighted by Crippen LogP contribution is -1.95. The standard InChI is InChI=1S/C15H10N2O2S/c18-15(19)12-9-13(10-1-5-16-6-2-10)20-14(12)11-3-7-17-8-4-11/h1-9H,(H,18,19). The van der Waals surface area contributed by atoms with Crippen LogP contribution in [-0.2, 0) is 0 Å². The maximum atomic E-state index is 11.4. The summed E-state index contributed by atoms with van der Waals surface area (Å²) in [5.74, 6) is -0.923. The fourth-order valence-corrected chi connectivity index (χ4v) is 3.09. The summed E-state index contributed by atoms with van der Waals surface area (Å²) in [5.41, 5.74) is 2.14. The third-order valence-electron chi connectivity index (χ3n) is 2.87. The first-order chi connectivity index (χ1) is 9.75. The van der Waals surface area contributed by atoms with Crippen LogP contribution in [0.25, 0.3) is 20.9 Å². The molecular weight excluding hydrogens is 272 g/mol. The molecule has 0 bridgehead atoms. The molecule has 0 spiro atoms. The molecule has 4 nitrogen and oxygen atoms in total. The van der Waals surface area contributed by atoms with E-state index >= 15 is 0 Å². The first-order valence-electron chi connectivity index (χ1n) is 5.93. The van der Waals surface area contributed by atoms with E-state index in [9.17, 15) is 9.90 Å². The van der Waals surface area contributed by atoms with Crippen LogP contribution in [0.4, 0.5) is 0 Å². The summed E-state index contributed by atoms with van der Waals surface area (Å²) < 4.78 is 0. The zero-order valence-corrected chi connectivity index (χ0v) is 11.2. The molecule has 3 heterocycles. The van der Waals surface area contributed by atoms with Gasteiger partial charge in [0.1, 0.15) is 0 Å². The monoisotopic (exact) mass is 282 g/mol. The molecule has 0 amide bonds. The number of carbonyl (C=O) groups is 1. The number of nitrogens with zero attached hydrogens (tertiary/aromatic N) is 2. The van der Waals surface area contributed by atoms with Crippen molar-refractivity contribution in [1.29, 1.82) is 0 Å². The summed E-state index contributed by atoms with van der Waals surface area (Å²) in [6.07, 6.45) is 6.71. The number of hydrogen-bond acceptors (Lipinski definition) is 4. The van der Waals surface area contributed by atoms with Gasteiger partial charge in [0, 0.05) is 34.5 Å². The van der Waals surface area contributed by atoms with Gasteiger partial charge in [-0.15, -0.1) is 11.3 Å². The van der Waals surface area contributed by atoms with Gasteiger partial charge < -0.3 is 5.11 Å². The molecule has 0 saturated carbocycles. The van der Waals surface area contributed by atoms with E-state index in [-0.39, 0.29) is 0 Å². The van der Waals surface area contributed by atoms with Crippen LogP contribution >= 0.6 is 11.3 Å². The SMILES string of the molecule is O=C(O)c1cc(-c2ccncc2)sc1-c1ccncc1. The minimum atomic E-state index is -0.923. The fraction of sp³-hybridized carbons (Fsp3) is 0. The summed E-state index contributed by atoms with van der Waals surface area (Å²) in [5, 5.41) is 9.37. The summed E-state index contributed by atoms with van der Waals surface area (Å²) >= 11 is 1.46. The smallest absolute Gasteiger partial charge is 0.337 e. The number of rotatable bonds is 3. The van der Waals surface area contributed by atoms with E-state index in [2.05, 4.69) is 9.97 Å². The van der Waals surface area contributed by atoms with E-state index in [0.717, 1.165) is 20.9 Å². The molecule has 0 aliphatic rings. The molecule has 0 saturated heterocycles. The molecule has 0 unspecified atom stereocenters. The van der Waals surface area contributed by atoms with Crippen molar-refractivity contribution in [2.75, 3.05) is 0 Å². The Morgan fingerprint density at radius 3 is 2.05 bits per heavy atom. The van der Waals surface area contributed by atoms with Crippen LogP contribution in [0.1, 0.15) is 10.4 Å². The Bertz CT molecular complexity index is 739. The van der Waals surface area contributed by atoms with Crippen LogP contribution in [0.3, 0.4) is 0 Å². The van der Waals surface area contributed by atoms with Gasteiger partial charge in [-0.25, -0.2) is 4.79 Å². The van der Waals surface area contributed by atoms with Crippen molar-refractivity contribution >= 4 is 17.3 Å². The van der Waals surface area contributed by atoms with Gasteiger partial charge in [0.15, 0.2) is 0 Å². The second kappa shape index (κ2) is 5.22. The molecular formula is C15H10N2O2S. The number of pyridine rings is 2. The third kappa shape index (κ3) is 2.31. The highest BCUT2D eigenvalue weighted by Crippen LogP contribution is 2.37. The molecule has 0 fully saturated rings. The molecule has 1 N–H and O–H groups in total. The van der Waals surface area contributed by atoms with Gasteiger partial charge in [-0.3, -0.25) is 9.97 Å². The molecule has 0 aromatic carbocycles. The Morgan fingerprint density at radius 2 is 1.50 bits per heavy atom. The number of carboxylic acid groups (broad SMARTS) is 1. The number of carboxylic acids is 1. The highest BCUT2D eigenvalue weighted by atomic mass is 32.1. The molecule has 0 aliphatic carbocycles. The van der Waals surface area contributed by atoms with Crippen molar-refractivity contribution in [2.24, 2.45) is 0 Å². The molecule has 0 radical (unpaired) electrons.